The van der Waals surface area contributed by atoms with Crippen molar-refractivity contribution in [3.63, 3.8) is 0 Å². The highest BCUT2D eigenvalue weighted by Crippen LogP contribution is 2.57. The molecule has 2 nitrogen and oxygen atoms in total. The number of allylic oxidation sites excluding steroid dienone is 2. The Balaban J connectivity index is 0.951. The molecule has 8 aromatic carbocycles. The number of hydrogen-bond acceptors (Lipinski definition) is 1. The first-order valence-electron chi connectivity index (χ1n) is 21.5. The van der Waals surface area contributed by atoms with Gasteiger partial charge in [0.05, 0.1) is 11.0 Å². The Hall–Kier alpha value is -6.64. The van der Waals surface area contributed by atoms with E-state index in [4.69, 9.17) is 0 Å². The third kappa shape index (κ3) is 5.84. The van der Waals surface area contributed by atoms with Crippen molar-refractivity contribution >= 4 is 49.6 Å². The van der Waals surface area contributed by atoms with Crippen molar-refractivity contribution in [3.8, 4) is 27.9 Å². The van der Waals surface area contributed by atoms with E-state index in [9.17, 15) is 0 Å². The number of para-hydroxylation sites is 2. The van der Waals surface area contributed by atoms with Crippen molar-refractivity contribution in [1.82, 2.24) is 4.57 Å². The molecule has 13 rings (SSSR count). The lowest BCUT2D eigenvalue weighted by atomic mass is 9.56. The third-order valence-electron chi connectivity index (χ3n) is 14.0. The minimum absolute atomic E-state index is 0.296. The highest BCUT2D eigenvalue weighted by Gasteiger charge is 2.47. The molecule has 9 aromatic rings. The molecule has 2 heteroatoms. The van der Waals surface area contributed by atoms with Gasteiger partial charge in [-0.1, -0.05) is 140 Å². The Kier molecular flexibility index (Phi) is 8.01. The highest BCUT2D eigenvalue weighted by molar-refractivity contribution is 6.09. The molecule has 2 fully saturated rings. The normalized spacial score (nSPS) is 20.7. The Bertz CT molecular complexity index is 2980. The molecule has 0 N–H and O–H groups in total. The monoisotopic (exact) mass is 758 g/mol. The lowest BCUT2D eigenvalue weighted by molar-refractivity contribution is 0.106. The summed E-state index contributed by atoms with van der Waals surface area (Å²) in [6.07, 6.45) is 11.8. The van der Waals surface area contributed by atoms with Gasteiger partial charge in [-0.15, -0.1) is 0 Å². The summed E-state index contributed by atoms with van der Waals surface area (Å²) in [6.45, 7) is 0. The van der Waals surface area contributed by atoms with Gasteiger partial charge in [-0.3, -0.25) is 0 Å². The van der Waals surface area contributed by atoms with Crippen LogP contribution in [-0.2, 0) is 5.41 Å². The van der Waals surface area contributed by atoms with Crippen molar-refractivity contribution < 1.29 is 0 Å². The summed E-state index contributed by atoms with van der Waals surface area (Å²) in [5.41, 5.74) is 13.8. The molecule has 4 aliphatic carbocycles. The molecule has 59 heavy (non-hydrogen) atoms. The summed E-state index contributed by atoms with van der Waals surface area (Å²) in [5.74, 6) is 2.32. The molecule has 1 aromatic heterocycles. The Morgan fingerprint density at radius 2 is 1.02 bits per heavy atom. The van der Waals surface area contributed by atoms with E-state index in [2.05, 4.69) is 210 Å². The molecular weight excluding hydrogens is 713 g/mol. The molecule has 4 bridgehead atoms. The number of benzene rings is 8. The van der Waals surface area contributed by atoms with Crippen LogP contribution in [0.2, 0.25) is 0 Å². The number of aromatic nitrogens is 1. The first-order chi connectivity index (χ1) is 29.2. The van der Waals surface area contributed by atoms with Gasteiger partial charge in [0.15, 0.2) is 0 Å². The maximum Gasteiger partial charge on any atom is 0.0541 e. The van der Waals surface area contributed by atoms with Gasteiger partial charge in [0.1, 0.15) is 0 Å². The fourth-order valence-electron chi connectivity index (χ4n) is 11.6. The van der Waals surface area contributed by atoms with Crippen LogP contribution in [0.4, 0.5) is 17.1 Å². The van der Waals surface area contributed by atoms with Gasteiger partial charge in [-0.25, -0.2) is 0 Å². The summed E-state index contributed by atoms with van der Waals surface area (Å²) < 4.78 is 2.41. The summed E-state index contributed by atoms with van der Waals surface area (Å²) in [4.78, 5) is 2.45. The van der Waals surface area contributed by atoms with E-state index in [0.29, 0.717) is 5.41 Å². The lowest BCUT2D eigenvalue weighted by Crippen LogP contribution is -2.41. The maximum absolute atomic E-state index is 2.56. The zero-order valence-corrected chi connectivity index (χ0v) is 33.2. The number of nitrogens with zero attached hydrogens (tertiary/aromatic N) is 2. The topological polar surface area (TPSA) is 8.17 Å². The lowest BCUT2D eigenvalue weighted by Gasteiger charge is -2.49. The second-order valence-electron chi connectivity index (χ2n) is 17.6. The van der Waals surface area contributed by atoms with Gasteiger partial charge in [0.25, 0.3) is 0 Å². The fourth-order valence-corrected chi connectivity index (χ4v) is 11.6. The molecule has 0 amide bonds. The quantitative estimate of drug-likeness (QED) is 0.147. The smallest absolute Gasteiger partial charge is 0.0541 e. The van der Waals surface area contributed by atoms with Crippen LogP contribution in [0.3, 0.4) is 0 Å². The summed E-state index contributed by atoms with van der Waals surface area (Å²) >= 11 is 0. The number of rotatable bonds is 7. The van der Waals surface area contributed by atoms with Gasteiger partial charge in [-0.05, 0) is 155 Å². The second kappa shape index (κ2) is 13.7. The number of anilines is 3. The Morgan fingerprint density at radius 3 is 1.73 bits per heavy atom. The zero-order chi connectivity index (χ0) is 38.9. The molecule has 0 saturated heterocycles. The van der Waals surface area contributed by atoms with Crippen molar-refractivity contribution in [2.24, 2.45) is 17.8 Å². The Labute approximate surface area is 346 Å². The van der Waals surface area contributed by atoms with Crippen LogP contribution in [0, 0.1) is 17.8 Å². The van der Waals surface area contributed by atoms with Crippen molar-refractivity contribution in [2.45, 2.75) is 37.5 Å². The first kappa shape index (κ1) is 34.4. The van der Waals surface area contributed by atoms with Crippen molar-refractivity contribution in [3.05, 3.63) is 206 Å². The van der Waals surface area contributed by atoms with Crippen LogP contribution in [0.25, 0.3) is 60.5 Å². The molecule has 4 aliphatic rings. The van der Waals surface area contributed by atoms with E-state index in [1.54, 1.807) is 0 Å². The molecule has 0 spiro atoms. The zero-order valence-electron chi connectivity index (χ0n) is 33.2. The molecular formula is C57H46N2. The molecule has 0 aliphatic heterocycles. The molecule has 2 saturated carbocycles. The SMILES string of the molecule is C1=C[C@H]2CC3C[C@H]1CC(c1ccc(N(c4ccc(-c5cccc6ccccc56)cc4)c4cccc(-c5cccc(-n6c7ccccc7c7ccccc76)c5)c4)cc1)(C3)C2. The number of hydrogen-bond donors (Lipinski definition) is 0. The van der Waals surface area contributed by atoms with Gasteiger partial charge >= 0.3 is 0 Å². The van der Waals surface area contributed by atoms with Crippen LogP contribution in [-0.4, -0.2) is 4.57 Å². The van der Waals surface area contributed by atoms with E-state index < -0.39 is 0 Å². The predicted octanol–water partition coefficient (Wildman–Crippen LogP) is 15.4. The van der Waals surface area contributed by atoms with Gasteiger partial charge in [0.2, 0.25) is 0 Å². The molecule has 1 heterocycles. The van der Waals surface area contributed by atoms with Crippen LogP contribution in [0.15, 0.2) is 200 Å². The molecule has 2 atom stereocenters. The largest absolute Gasteiger partial charge is 0.310 e. The van der Waals surface area contributed by atoms with Crippen LogP contribution < -0.4 is 4.90 Å². The van der Waals surface area contributed by atoms with E-state index >= 15 is 0 Å². The standard InChI is InChI=1S/C57H46N2/c1-2-16-51-42(10-1)11-9-19-52(51)43-24-28-47(29-25-43)58(48-30-26-46(27-31-48)57-36-39-22-23-40(37-57)33-41(32-39)38-57)49-14-7-12-44(34-49)45-13-8-15-50(35-45)59-55-20-5-3-17-53(55)54-18-4-6-21-56(54)59/h1-31,34-35,39-41H,32-33,36-38H2/t39-,40-,41?,57?/m0/s1. The van der Waals surface area contributed by atoms with E-state index in [1.807, 2.05) is 0 Å². The summed E-state index contributed by atoms with van der Waals surface area (Å²) in [6, 6.07) is 69.9. The van der Waals surface area contributed by atoms with Crippen LogP contribution in [0.1, 0.15) is 37.7 Å². The van der Waals surface area contributed by atoms with Gasteiger partial charge in [-0.2, -0.15) is 0 Å². The van der Waals surface area contributed by atoms with E-state index in [0.717, 1.165) is 34.8 Å². The van der Waals surface area contributed by atoms with Crippen LogP contribution in [0.5, 0.6) is 0 Å². The van der Waals surface area contributed by atoms with Gasteiger partial charge < -0.3 is 9.47 Å². The second-order valence-corrected chi connectivity index (χ2v) is 17.6. The molecule has 0 radical (unpaired) electrons. The minimum Gasteiger partial charge on any atom is -0.310 e. The average molecular weight is 759 g/mol. The summed E-state index contributed by atoms with van der Waals surface area (Å²) in [5, 5.41) is 5.10. The maximum atomic E-state index is 2.56. The van der Waals surface area contributed by atoms with E-state index in [-0.39, 0.29) is 0 Å². The highest BCUT2D eigenvalue weighted by atomic mass is 15.1. The van der Waals surface area contributed by atoms with Crippen molar-refractivity contribution in [2.75, 3.05) is 4.90 Å². The minimum atomic E-state index is 0.296. The fraction of sp³-hybridized carbons (Fsp3) is 0.158. The number of fused-ring (bicyclic) bond motifs is 4. The first-order valence-corrected chi connectivity index (χ1v) is 21.5. The molecule has 284 valence electrons. The third-order valence-corrected chi connectivity index (χ3v) is 14.0. The van der Waals surface area contributed by atoms with Gasteiger partial charge in [0, 0.05) is 33.5 Å². The Morgan fingerprint density at radius 1 is 0.441 bits per heavy atom. The predicted molar refractivity (Wildman–Crippen MR) is 248 cm³/mol. The van der Waals surface area contributed by atoms with Crippen LogP contribution >= 0.6 is 0 Å². The van der Waals surface area contributed by atoms with E-state index in [1.165, 1.54) is 98.2 Å². The van der Waals surface area contributed by atoms with Crippen molar-refractivity contribution in [1.29, 1.82) is 0 Å². The average Bonchev–Trinajstić information content (AvgIpc) is 3.47. The molecule has 0 unspecified atom stereocenters. The summed E-state index contributed by atoms with van der Waals surface area (Å²) in [7, 11) is 0.